The second kappa shape index (κ2) is 8.00. The summed E-state index contributed by atoms with van der Waals surface area (Å²) < 4.78 is 4.95. The Balaban J connectivity index is 1.88. The fraction of sp³-hybridized carbons (Fsp3) is 0.167. The van der Waals surface area contributed by atoms with Crippen LogP contribution >= 0.6 is 0 Å². The number of benzene rings is 2. The first kappa shape index (κ1) is 16.6. The molecule has 0 aromatic heterocycles. The Morgan fingerprint density at radius 3 is 2.65 bits per heavy atom. The Bertz CT molecular complexity index is 683. The Morgan fingerprint density at radius 1 is 1.26 bits per heavy atom. The molecule has 0 spiro atoms. The number of aliphatic hydroxyl groups excluding tert-OH is 1. The van der Waals surface area contributed by atoms with Crippen LogP contribution in [0.25, 0.3) is 6.08 Å². The standard InChI is InChI=1S/C18H19NO4/c1-23-17-9-7-13(11-15(17)20)8-10-18(22)19-12-16(21)14-5-3-2-4-6-14/h2-11,16,20-21H,12H2,1H3,(H,19,22)/b10-8+/t16-/m1/s1. The van der Waals surface area contributed by atoms with Crippen LogP contribution in [0.2, 0.25) is 0 Å². The predicted molar refractivity (Wildman–Crippen MR) is 88.1 cm³/mol. The van der Waals surface area contributed by atoms with Crippen molar-refractivity contribution >= 4 is 12.0 Å². The summed E-state index contributed by atoms with van der Waals surface area (Å²) in [6, 6.07) is 14.0. The maximum absolute atomic E-state index is 11.8. The van der Waals surface area contributed by atoms with Gasteiger partial charge < -0.3 is 20.3 Å². The molecule has 0 aliphatic rings. The van der Waals surface area contributed by atoms with Gasteiger partial charge in [-0.05, 0) is 29.3 Å². The van der Waals surface area contributed by atoms with Crippen LogP contribution in [0.3, 0.4) is 0 Å². The van der Waals surface area contributed by atoms with Crippen molar-refractivity contribution in [2.75, 3.05) is 13.7 Å². The van der Waals surface area contributed by atoms with E-state index in [-0.39, 0.29) is 18.2 Å². The zero-order valence-electron chi connectivity index (χ0n) is 12.8. The molecule has 0 aliphatic heterocycles. The maximum Gasteiger partial charge on any atom is 0.244 e. The summed E-state index contributed by atoms with van der Waals surface area (Å²) in [7, 11) is 1.47. The average molecular weight is 313 g/mol. The number of rotatable bonds is 6. The third kappa shape index (κ3) is 4.86. The van der Waals surface area contributed by atoms with E-state index in [1.54, 1.807) is 30.3 Å². The van der Waals surface area contributed by atoms with E-state index in [4.69, 9.17) is 4.74 Å². The highest BCUT2D eigenvalue weighted by molar-refractivity contribution is 5.91. The molecule has 0 unspecified atom stereocenters. The minimum Gasteiger partial charge on any atom is -0.504 e. The first-order valence-electron chi connectivity index (χ1n) is 7.16. The Morgan fingerprint density at radius 2 is 2.00 bits per heavy atom. The fourth-order valence-corrected chi connectivity index (χ4v) is 2.03. The second-order valence-corrected chi connectivity index (χ2v) is 4.94. The number of carbonyl (C=O) groups excluding carboxylic acids is 1. The first-order valence-corrected chi connectivity index (χ1v) is 7.16. The smallest absolute Gasteiger partial charge is 0.244 e. The van der Waals surface area contributed by atoms with Gasteiger partial charge in [0.05, 0.1) is 13.2 Å². The van der Waals surface area contributed by atoms with Crippen LogP contribution in [0, 0.1) is 0 Å². The van der Waals surface area contributed by atoms with Crippen molar-refractivity contribution in [1.29, 1.82) is 0 Å². The zero-order chi connectivity index (χ0) is 16.7. The molecule has 0 heterocycles. The van der Waals surface area contributed by atoms with Crippen LogP contribution in [-0.4, -0.2) is 29.8 Å². The molecular formula is C18H19NO4. The molecule has 0 radical (unpaired) electrons. The van der Waals surface area contributed by atoms with Crippen LogP contribution < -0.4 is 10.1 Å². The van der Waals surface area contributed by atoms with E-state index in [0.717, 1.165) is 5.56 Å². The van der Waals surface area contributed by atoms with Crippen LogP contribution in [0.15, 0.2) is 54.6 Å². The largest absolute Gasteiger partial charge is 0.504 e. The maximum atomic E-state index is 11.8. The Labute approximate surface area is 134 Å². The number of aromatic hydroxyl groups is 1. The van der Waals surface area contributed by atoms with Crippen molar-refractivity contribution in [3.05, 3.63) is 65.7 Å². The molecule has 0 bridgehead atoms. The van der Waals surface area contributed by atoms with Crippen molar-refractivity contribution in [1.82, 2.24) is 5.32 Å². The molecule has 5 heteroatoms. The van der Waals surface area contributed by atoms with E-state index in [9.17, 15) is 15.0 Å². The van der Waals surface area contributed by atoms with Gasteiger partial charge in [0.1, 0.15) is 0 Å². The molecule has 2 rings (SSSR count). The van der Waals surface area contributed by atoms with Crippen molar-refractivity contribution < 1.29 is 19.7 Å². The summed E-state index contributed by atoms with van der Waals surface area (Å²) in [5, 5.41) is 22.3. The van der Waals surface area contributed by atoms with Gasteiger partial charge in [0.15, 0.2) is 11.5 Å². The van der Waals surface area contributed by atoms with Gasteiger partial charge in [-0.1, -0.05) is 36.4 Å². The highest BCUT2D eigenvalue weighted by Crippen LogP contribution is 2.26. The summed E-state index contributed by atoms with van der Waals surface area (Å²) in [4.78, 5) is 11.8. The molecule has 0 aliphatic carbocycles. The lowest BCUT2D eigenvalue weighted by Crippen LogP contribution is -2.26. The third-order valence-corrected chi connectivity index (χ3v) is 3.28. The average Bonchev–Trinajstić information content (AvgIpc) is 2.58. The van der Waals surface area contributed by atoms with E-state index in [1.807, 2.05) is 18.2 Å². The molecular weight excluding hydrogens is 294 g/mol. The first-order chi connectivity index (χ1) is 11.1. The van der Waals surface area contributed by atoms with Gasteiger partial charge >= 0.3 is 0 Å². The van der Waals surface area contributed by atoms with E-state index in [1.165, 1.54) is 19.3 Å². The van der Waals surface area contributed by atoms with Crippen LogP contribution in [0.5, 0.6) is 11.5 Å². The SMILES string of the molecule is COc1ccc(/C=C/C(=O)NC[C@@H](O)c2ccccc2)cc1O. The molecule has 23 heavy (non-hydrogen) atoms. The summed E-state index contributed by atoms with van der Waals surface area (Å²) in [6.45, 7) is 0.126. The summed E-state index contributed by atoms with van der Waals surface area (Å²) in [5.41, 5.74) is 1.42. The van der Waals surface area contributed by atoms with Crippen LogP contribution in [0.4, 0.5) is 0 Å². The predicted octanol–water partition coefficient (Wildman–Crippen LogP) is 2.26. The van der Waals surface area contributed by atoms with Gasteiger partial charge in [0, 0.05) is 12.6 Å². The van der Waals surface area contributed by atoms with E-state index in [2.05, 4.69) is 5.32 Å². The minimum absolute atomic E-state index is 0.00885. The number of carbonyl (C=O) groups is 1. The third-order valence-electron chi connectivity index (χ3n) is 3.28. The van der Waals surface area contributed by atoms with Gasteiger partial charge in [-0.2, -0.15) is 0 Å². The van der Waals surface area contributed by atoms with Gasteiger partial charge in [-0.15, -0.1) is 0 Å². The lowest BCUT2D eigenvalue weighted by molar-refractivity contribution is -0.116. The monoisotopic (exact) mass is 313 g/mol. The normalized spacial score (nSPS) is 12.1. The number of ether oxygens (including phenoxy) is 1. The summed E-state index contributed by atoms with van der Waals surface area (Å²) >= 11 is 0. The summed E-state index contributed by atoms with van der Waals surface area (Å²) in [6.07, 6.45) is 2.17. The number of hydrogen-bond donors (Lipinski definition) is 3. The summed E-state index contributed by atoms with van der Waals surface area (Å²) in [5.74, 6) is 0.0578. The van der Waals surface area contributed by atoms with Crippen LogP contribution in [-0.2, 0) is 4.79 Å². The number of hydrogen-bond acceptors (Lipinski definition) is 4. The molecule has 120 valence electrons. The van der Waals surface area contributed by atoms with Crippen molar-refractivity contribution in [2.45, 2.75) is 6.10 Å². The molecule has 0 saturated heterocycles. The quantitative estimate of drug-likeness (QED) is 0.715. The number of aliphatic hydroxyl groups is 1. The number of nitrogens with one attached hydrogen (secondary N) is 1. The van der Waals surface area contributed by atoms with E-state index < -0.39 is 6.10 Å². The zero-order valence-corrected chi connectivity index (χ0v) is 12.8. The topological polar surface area (TPSA) is 78.8 Å². The molecule has 1 amide bonds. The second-order valence-electron chi connectivity index (χ2n) is 4.94. The van der Waals surface area contributed by atoms with Gasteiger partial charge in [0.25, 0.3) is 0 Å². The van der Waals surface area contributed by atoms with E-state index >= 15 is 0 Å². The lowest BCUT2D eigenvalue weighted by Gasteiger charge is -2.11. The Kier molecular flexibility index (Phi) is 5.77. The number of methoxy groups -OCH3 is 1. The highest BCUT2D eigenvalue weighted by atomic mass is 16.5. The van der Waals surface area contributed by atoms with Crippen molar-refractivity contribution in [2.24, 2.45) is 0 Å². The van der Waals surface area contributed by atoms with Gasteiger partial charge in [-0.25, -0.2) is 0 Å². The minimum atomic E-state index is -0.751. The fourth-order valence-electron chi connectivity index (χ4n) is 2.03. The lowest BCUT2D eigenvalue weighted by atomic mass is 10.1. The van der Waals surface area contributed by atoms with Crippen molar-refractivity contribution in [3.8, 4) is 11.5 Å². The molecule has 5 nitrogen and oxygen atoms in total. The molecule has 2 aromatic carbocycles. The molecule has 1 atom stereocenters. The van der Waals surface area contributed by atoms with Crippen molar-refractivity contribution in [3.63, 3.8) is 0 Å². The van der Waals surface area contributed by atoms with Crippen LogP contribution in [0.1, 0.15) is 17.2 Å². The number of phenolic OH excluding ortho intramolecular Hbond substituents is 1. The van der Waals surface area contributed by atoms with E-state index in [0.29, 0.717) is 11.3 Å². The highest BCUT2D eigenvalue weighted by Gasteiger charge is 2.07. The number of amides is 1. The molecule has 0 fully saturated rings. The molecule has 0 saturated carbocycles. The number of phenols is 1. The molecule has 2 aromatic rings. The van der Waals surface area contributed by atoms with Gasteiger partial charge in [0.2, 0.25) is 5.91 Å². The molecule has 3 N–H and O–H groups in total. The Hall–Kier alpha value is -2.79. The van der Waals surface area contributed by atoms with Gasteiger partial charge in [-0.3, -0.25) is 4.79 Å².